The van der Waals surface area contributed by atoms with E-state index in [1.807, 2.05) is 22.8 Å². The minimum absolute atomic E-state index is 0.0104. The molecule has 0 N–H and O–H groups in total. The van der Waals surface area contributed by atoms with Crippen LogP contribution in [0.3, 0.4) is 0 Å². The summed E-state index contributed by atoms with van der Waals surface area (Å²) in [6.45, 7) is 8.80. The molecule has 2 heterocycles. The highest BCUT2D eigenvalue weighted by molar-refractivity contribution is 5.81. The summed E-state index contributed by atoms with van der Waals surface area (Å²) < 4.78 is 8.68. The smallest absolute Gasteiger partial charge is 0.328 e. The van der Waals surface area contributed by atoms with Crippen molar-refractivity contribution < 1.29 is 4.52 Å². The minimum atomic E-state index is -0.0104. The Kier molecular flexibility index (Phi) is 3.20. The molecule has 3 rings (SSSR count). The predicted octanol–water partition coefficient (Wildman–Crippen LogP) is 2.74. The molecule has 0 spiro atoms. The maximum absolute atomic E-state index is 12.5. The van der Waals surface area contributed by atoms with Gasteiger partial charge in [0.2, 0.25) is 0 Å². The van der Waals surface area contributed by atoms with Crippen molar-refractivity contribution >= 4 is 11.0 Å². The van der Waals surface area contributed by atoms with Crippen molar-refractivity contribution in [3.05, 3.63) is 34.5 Å². The molecule has 2 aromatic heterocycles. The van der Waals surface area contributed by atoms with Gasteiger partial charge in [-0.05, 0) is 30.5 Å². The van der Waals surface area contributed by atoms with Crippen LogP contribution in [0.5, 0.6) is 0 Å². The van der Waals surface area contributed by atoms with Gasteiger partial charge in [-0.25, -0.2) is 4.79 Å². The van der Waals surface area contributed by atoms with Crippen molar-refractivity contribution in [3.63, 3.8) is 0 Å². The first-order valence-corrected chi connectivity index (χ1v) is 7.26. The Labute approximate surface area is 128 Å². The average molecular weight is 300 g/mol. The standard InChI is InChI=1S/C16H20N4O2/c1-10-17-14(22-18-10)11-6-7-12-13(8-11)19(5)15(21)20(12)9-16(2,3)4/h6-8H,9H2,1-5H3. The summed E-state index contributed by atoms with van der Waals surface area (Å²) in [6.07, 6.45) is 0. The summed E-state index contributed by atoms with van der Waals surface area (Å²) in [5, 5.41) is 3.81. The van der Waals surface area contributed by atoms with Gasteiger partial charge in [0.25, 0.3) is 5.89 Å². The van der Waals surface area contributed by atoms with E-state index in [4.69, 9.17) is 4.52 Å². The molecule has 0 saturated heterocycles. The summed E-state index contributed by atoms with van der Waals surface area (Å²) in [6, 6.07) is 5.77. The number of benzene rings is 1. The fourth-order valence-electron chi connectivity index (χ4n) is 2.58. The van der Waals surface area contributed by atoms with E-state index in [-0.39, 0.29) is 11.1 Å². The van der Waals surface area contributed by atoms with Crippen LogP contribution in [0.1, 0.15) is 26.6 Å². The van der Waals surface area contributed by atoms with E-state index in [1.54, 1.807) is 18.5 Å². The molecule has 0 unspecified atom stereocenters. The van der Waals surface area contributed by atoms with Crippen LogP contribution in [0, 0.1) is 12.3 Å². The zero-order valence-electron chi connectivity index (χ0n) is 13.5. The Morgan fingerprint density at radius 2 is 1.95 bits per heavy atom. The maximum atomic E-state index is 12.5. The summed E-state index contributed by atoms with van der Waals surface area (Å²) in [5.41, 5.74) is 2.62. The van der Waals surface area contributed by atoms with E-state index in [1.165, 1.54) is 0 Å². The minimum Gasteiger partial charge on any atom is -0.334 e. The summed E-state index contributed by atoms with van der Waals surface area (Å²) >= 11 is 0. The van der Waals surface area contributed by atoms with Crippen LogP contribution in [0.4, 0.5) is 0 Å². The molecule has 0 atom stereocenters. The Hall–Kier alpha value is -2.37. The molecule has 116 valence electrons. The highest BCUT2D eigenvalue weighted by Gasteiger charge is 2.18. The molecular weight excluding hydrogens is 280 g/mol. The lowest BCUT2D eigenvalue weighted by molar-refractivity contribution is 0.342. The molecule has 22 heavy (non-hydrogen) atoms. The largest absolute Gasteiger partial charge is 0.334 e. The van der Waals surface area contributed by atoms with Gasteiger partial charge in [-0.15, -0.1) is 0 Å². The lowest BCUT2D eigenvalue weighted by Crippen LogP contribution is -2.27. The van der Waals surface area contributed by atoms with Crippen LogP contribution in [0.2, 0.25) is 0 Å². The van der Waals surface area contributed by atoms with Gasteiger partial charge in [0.1, 0.15) is 0 Å². The van der Waals surface area contributed by atoms with Gasteiger partial charge >= 0.3 is 5.69 Å². The van der Waals surface area contributed by atoms with Crippen molar-refractivity contribution in [3.8, 4) is 11.5 Å². The molecule has 6 nitrogen and oxygen atoms in total. The molecular formula is C16H20N4O2. The summed E-state index contributed by atoms with van der Waals surface area (Å²) in [4.78, 5) is 16.7. The fourth-order valence-corrected chi connectivity index (χ4v) is 2.58. The van der Waals surface area contributed by atoms with E-state index in [0.29, 0.717) is 18.3 Å². The average Bonchev–Trinajstić information content (AvgIpc) is 2.96. The SMILES string of the molecule is Cc1noc(-c2ccc3c(c2)n(C)c(=O)n3CC(C)(C)C)n1. The summed E-state index contributed by atoms with van der Waals surface area (Å²) in [7, 11) is 1.78. The predicted molar refractivity (Wildman–Crippen MR) is 84.7 cm³/mol. The van der Waals surface area contributed by atoms with Crippen LogP contribution in [-0.2, 0) is 13.6 Å². The lowest BCUT2D eigenvalue weighted by atomic mass is 9.97. The second kappa shape index (κ2) is 4.83. The molecule has 0 aliphatic rings. The van der Waals surface area contributed by atoms with Crippen molar-refractivity contribution in [2.75, 3.05) is 0 Å². The van der Waals surface area contributed by atoms with E-state index >= 15 is 0 Å². The van der Waals surface area contributed by atoms with Gasteiger partial charge in [0, 0.05) is 19.2 Å². The van der Waals surface area contributed by atoms with Crippen LogP contribution < -0.4 is 5.69 Å². The third-order valence-electron chi connectivity index (χ3n) is 3.55. The van der Waals surface area contributed by atoms with Crippen LogP contribution in [0.15, 0.2) is 27.5 Å². The Bertz CT molecular complexity index is 893. The number of aryl methyl sites for hydroxylation is 2. The van der Waals surface area contributed by atoms with Crippen LogP contribution in [0.25, 0.3) is 22.5 Å². The van der Waals surface area contributed by atoms with Crippen LogP contribution in [-0.4, -0.2) is 19.3 Å². The van der Waals surface area contributed by atoms with Crippen molar-refractivity contribution in [2.45, 2.75) is 34.2 Å². The number of fused-ring (bicyclic) bond motifs is 1. The molecule has 0 saturated carbocycles. The third kappa shape index (κ3) is 2.45. The van der Waals surface area contributed by atoms with Crippen LogP contribution >= 0.6 is 0 Å². The first-order valence-electron chi connectivity index (χ1n) is 7.26. The molecule has 0 aliphatic heterocycles. The molecule has 0 amide bonds. The number of rotatable bonds is 2. The molecule has 0 fully saturated rings. The van der Waals surface area contributed by atoms with Crippen molar-refractivity contribution in [1.29, 1.82) is 0 Å². The highest BCUT2D eigenvalue weighted by Crippen LogP contribution is 2.24. The number of imidazole rings is 1. The first kappa shape index (κ1) is 14.6. The maximum Gasteiger partial charge on any atom is 0.328 e. The first-order chi connectivity index (χ1) is 10.3. The van der Waals surface area contributed by atoms with E-state index in [2.05, 4.69) is 30.9 Å². The topological polar surface area (TPSA) is 65.8 Å². The van der Waals surface area contributed by atoms with Gasteiger partial charge < -0.3 is 4.52 Å². The van der Waals surface area contributed by atoms with Crippen molar-refractivity contribution in [1.82, 2.24) is 19.3 Å². The second-order valence-corrected chi connectivity index (χ2v) is 6.84. The fraction of sp³-hybridized carbons (Fsp3) is 0.438. The van der Waals surface area contributed by atoms with E-state index in [0.717, 1.165) is 16.6 Å². The van der Waals surface area contributed by atoms with Gasteiger partial charge in [0.05, 0.1) is 11.0 Å². The van der Waals surface area contributed by atoms with Crippen molar-refractivity contribution in [2.24, 2.45) is 12.5 Å². The zero-order valence-corrected chi connectivity index (χ0v) is 13.5. The van der Waals surface area contributed by atoms with Gasteiger partial charge in [-0.2, -0.15) is 4.98 Å². The molecule has 1 aromatic carbocycles. The molecule has 6 heteroatoms. The quantitative estimate of drug-likeness (QED) is 0.730. The van der Waals surface area contributed by atoms with E-state index < -0.39 is 0 Å². The number of aromatic nitrogens is 4. The molecule has 0 radical (unpaired) electrons. The second-order valence-electron chi connectivity index (χ2n) is 6.84. The Morgan fingerprint density at radius 3 is 2.55 bits per heavy atom. The molecule has 0 aliphatic carbocycles. The van der Waals surface area contributed by atoms with Gasteiger partial charge in [-0.3, -0.25) is 9.13 Å². The highest BCUT2D eigenvalue weighted by atomic mass is 16.5. The third-order valence-corrected chi connectivity index (χ3v) is 3.55. The molecule has 0 bridgehead atoms. The van der Waals surface area contributed by atoms with Gasteiger partial charge in [-0.1, -0.05) is 25.9 Å². The lowest BCUT2D eigenvalue weighted by Gasteiger charge is -2.18. The number of hydrogen-bond acceptors (Lipinski definition) is 4. The normalized spacial score (nSPS) is 12.2. The van der Waals surface area contributed by atoms with E-state index in [9.17, 15) is 4.79 Å². The number of hydrogen-bond donors (Lipinski definition) is 0. The monoisotopic (exact) mass is 300 g/mol. The zero-order chi connectivity index (χ0) is 16.1. The Balaban J connectivity index is 2.18. The van der Waals surface area contributed by atoms with Gasteiger partial charge in [0.15, 0.2) is 5.82 Å². The Morgan fingerprint density at radius 1 is 1.23 bits per heavy atom. The number of nitrogens with zero attached hydrogens (tertiary/aromatic N) is 4. The molecule has 3 aromatic rings. The summed E-state index contributed by atoms with van der Waals surface area (Å²) in [5.74, 6) is 1.06.